The smallest absolute Gasteiger partial charge is 0.176 e. The van der Waals surface area contributed by atoms with Crippen LogP contribution in [0.2, 0.25) is 0 Å². The van der Waals surface area contributed by atoms with E-state index in [4.69, 9.17) is 5.11 Å². The van der Waals surface area contributed by atoms with Crippen LogP contribution in [0, 0.1) is 0 Å². The molecule has 0 aliphatic carbocycles. The van der Waals surface area contributed by atoms with Crippen LogP contribution in [0.15, 0.2) is 35.6 Å². The van der Waals surface area contributed by atoms with Gasteiger partial charge in [-0.2, -0.15) is 10.2 Å². The van der Waals surface area contributed by atoms with Crippen molar-refractivity contribution >= 4 is 22.8 Å². The molecule has 0 radical (unpaired) electrons. The molecule has 0 aliphatic heterocycles. The highest BCUT2D eigenvalue weighted by Crippen LogP contribution is 2.18. The molecule has 0 aliphatic rings. The largest absolute Gasteiger partial charge is 0.394 e. The molecule has 1 aromatic heterocycles. The second kappa shape index (κ2) is 7.90. The van der Waals surface area contributed by atoms with Gasteiger partial charge in [0.05, 0.1) is 19.0 Å². The van der Waals surface area contributed by atoms with E-state index in [9.17, 15) is 20.4 Å². The van der Waals surface area contributed by atoms with Gasteiger partial charge in [0.15, 0.2) is 5.82 Å². The highest BCUT2D eigenvalue weighted by Gasteiger charge is 2.29. The summed E-state index contributed by atoms with van der Waals surface area (Å²) in [5.74, 6) is 0.358. The quantitative estimate of drug-likeness (QED) is 0.265. The number of anilines is 1. The molecule has 9 heteroatoms. The standard InChI is InChI=1S/C14H18N4O5/c19-7-11(21)13(23)12(22)10(20)6-16-18-14-9-4-2-1-3-8(9)5-15-17-14/h1-6,10-13,19-23H,7H2,(H,17,18)/b16-6-/t10-,11-,12+,13-/m1/s1. The highest BCUT2D eigenvalue weighted by molar-refractivity contribution is 5.90. The number of rotatable bonds is 7. The summed E-state index contributed by atoms with van der Waals surface area (Å²) in [5, 5.41) is 59.8. The van der Waals surface area contributed by atoms with E-state index in [1.807, 2.05) is 24.3 Å². The van der Waals surface area contributed by atoms with Crippen LogP contribution >= 0.6 is 0 Å². The second-order valence-electron chi connectivity index (χ2n) is 4.89. The number of hydrogen-bond acceptors (Lipinski definition) is 9. The third kappa shape index (κ3) is 4.18. The summed E-state index contributed by atoms with van der Waals surface area (Å²) < 4.78 is 0. The zero-order chi connectivity index (χ0) is 16.8. The molecule has 6 N–H and O–H groups in total. The first-order valence-corrected chi connectivity index (χ1v) is 6.87. The molecule has 9 nitrogen and oxygen atoms in total. The number of aliphatic hydroxyl groups excluding tert-OH is 5. The van der Waals surface area contributed by atoms with E-state index < -0.39 is 31.0 Å². The Morgan fingerprint density at radius 1 is 1.13 bits per heavy atom. The Morgan fingerprint density at radius 3 is 2.61 bits per heavy atom. The molecule has 124 valence electrons. The van der Waals surface area contributed by atoms with Crippen LogP contribution in [0.25, 0.3) is 10.8 Å². The number of aliphatic hydroxyl groups is 5. The fraction of sp³-hybridized carbons (Fsp3) is 0.357. The number of fused-ring (bicyclic) bond motifs is 1. The van der Waals surface area contributed by atoms with Gasteiger partial charge in [0.2, 0.25) is 0 Å². The predicted molar refractivity (Wildman–Crippen MR) is 82.8 cm³/mol. The Hall–Kier alpha value is -2.17. The maximum Gasteiger partial charge on any atom is 0.176 e. The third-order valence-electron chi connectivity index (χ3n) is 3.25. The van der Waals surface area contributed by atoms with Crippen molar-refractivity contribution in [3.05, 3.63) is 30.5 Å². The van der Waals surface area contributed by atoms with Gasteiger partial charge < -0.3 is 25.5 Å². The number of hydrogen-bond donors (Lipinski definition) is 6. The first-order valence-electron chi connectivity index (χ1n) is 6.87. The highest BCUT2D eigenvalue weighted by atomic mass is 16.4. The van der Waals surface area contributed by atoms with Gasteiger partial charge in [-0.05, 0) is 0 Å². The van der Waals surface area contributed by atoms with Crippen LogP contribution < -0.4 is 5.43 Å². The fourth-order valence-corrected chi connectivity index (χ4v) is 1.91. The zero-order valence-corrected chi connectivity index (χ0v) is 12.1. The lowest BCUT2D eigenvalue weighted by Crippen LogP contribution is -2.46. The van der Waals surface area contributed by atoms with Crippen LogP contribution in [0.5, 0.6) is 0 Å². The summed E-state index contributed by atoms with van der Waals surface area (Å²) in [5.41, 5.74) is 2.59. The van der Waals surface area contributed by atoms with Crippen molar-refractivity contribution in [2.75, 3.05) is 12.0 Å². The van der Waals surface area contributed by atoms with E-state index in [1.54, 1.807) is 6.20 Å². The SMILES string of the molecule is OC[C@@H](O)[C@@H](O)[C@@H](O)[C@H](O)/C=N\Nc1nncc2ccccc12. The van der Waals surface area contributed by atoms with E-state index in [0.29, 0.717) is 5.82 Å². The number of aromatic nitrogens is 2. The summed E-state index contributed by atoms with van der Waals surface area (Å²) >= 11 is 0. The number of nitrogens with one attached hydrogen (secondary N) is 1. The van der Waals surface area contributed by atoms with Crippen molar-refractivity contribution in [2.45, 2.75) is 24.4 Å². The molecule has 4 atom stereocenters. The average Bonchev–Trinajstić information content (AvgIpc) is 2.59. The predicted octanol–water partition coefficient (Wildman–Crippen LogP) is -1.54. The van der Waals surface area contributed by atoms with Gasteiger partial charge in [-0.3, -0.25) is 5.43 Å². The van der Waals surface area contributed by atoms with Crippen molar-refractivity contribution in [3.63, 3.8) is 0 Å². The van der Waals surface area contributed by atoms with Crippen LogP contribution in [0.3, 0.4) is 0 Å². The van der Waals surface area contributed by atoms with Crippen molar-refractivity contribution in [1.29, 1.82) is 0 Å². The molecule has 0 saturated carbocycles. The van der Waals surface area contributed by atoms with Crippen molar-refractivity contribution in [3.8, 4) is 0 Å². The van der Waals surface area contributed by atoms with Gasteiger partial charge >= 0.3 is 0 Å². The van der Waals surface area contributed by atoms with Crippen LogP contribution in [0.1, 0.15) is 0 Å². The molecule has 0 unspecified atom stereocenters. The fourth-order valence-electron chi connectivity index (χ4n) is 1.91. The van der Waals surface area contributed by atoms with Crippen LogP contribution in [0.4, 0.5) is 5.82 Å². The Bertz CT molecular complexity index is 663. The lowest BCUT2D eigenvalue weighted by Gasteiger charge is -2.23. The minimum Gasteiger partial charge on any atom is -0.394 e. The lowest BCUT2D eigenvalue weighted by atomic mass is 10.0. The molecule has 2 aromatic rings. The van der Waals surface area contributed by atoms with Crippen LogP contribution in [-0.2, 0) is 0 Å². The molecule has 2 rings (SSSR count). The van der Waals surface area contributed by atoms with Crippen molar-refractivity contribution in [2.24, 2.45) is 5.10 Å². The summed E-state index contributed by atoms with van der Waals surface area (Å²) in [6.07, 6.45) is -4.00. The van der Waals surface area contributed by atoms with Gasteiger partial charge in [0.25, 0.3) is 0 Å². The van der Waals surface area contributed by atoms with E-state index in [-0.39, 0.29) is 0 Å². The maximum atomic E-state index is 9.70. The van der Waals surface area contributed by atoms with Crippen LogP contribution in [-0.4, -0.2) is 73.0 Å². The number of benzene rings is 1. The summed E-state index contributed by atoms with van der Waals surface area (Å²) in [7, 11) is 0. The summed E-state index contributed by atoms with van der Waals surface area (Å²) in [4.78, 5) is 0. The Morgan fingerprint density at radius 2 is 1.87 bits per heavy atom. The minimum absolute atomic E-state index is 0.358. The Kier molecular flexibility index (Phi) is 5.90. The molecule has 0 spiro atoms. The van der Waals surface area contributed by atoms with Gasteiger partial charge in [0.1, 0.15) is 24.4 Å². The monoisotopic (exact) mass is 322 g/mol. The molecular formula is C14H18N4O5. The van der Waals surface area contributed by atoms with E-state index in [1.165, 1.54) is 0 Å². The van der Waals surface area contributed by atoms with E-state index in [2.05, 4.69) is 20.7 Å². The first-order chi connectivity index (χ1) is 11.0. The van der Waals surface area contributed by atoms with E-state index >= 15 is 0 Å². The van der Waals surface area contributed by atoms with Gasteiger partial charge in [-0.1, -0.05) is 24.3 Å². The van der Waals surface area contributed by atoms with Crippen molar-refractivity contribution in [1.82, 2.24) is 10.2 Å². The second-order valence-corrected chi connectivity index (χ2v) is 4.89. The first kappa shape index (κ1) is 17.2. The average molecular weight is 322 g/mol. The molecule has 1 heterocycles. The van der Waals surface area contributed by atoms with Crippen molar-refractivity contribution < 1.29 is 25.5 Å². The molecule has 1 aromatic carbocycles. The Balaban J connectivity index is 2.03. The molecule has 0 bridgehead atoms. The topological polar surface area (TPSA) is 151 Å². The molecule has 23 heavy (non-hydrogen) atoms. The van der Waals surface area contributed by atoms with Gasteiger partial charge in [-0.25, -0.2) is 0 Å². The van der Waals surface area contributed by atoms with Gasteiger partial charge in [-0.15, -0.1) is 5.10 Å². The Labute approximate surface area is 131 Å². The molecule has 0 saturated heterocycles. The zero-order valence-electron chi connectivity index (χ0n) is 12.1. The van der Waals surface area contributed by atoms with E-state index in [0.717, 1.165) is 17.0 Å². The minimum atomic E-state index is -1.71. The summed E-state index contributed by atoms with van der Waals surface area (Å²) in [6.45, 7) is -0.744. The molecule has 0 fully saturated rings. The maximum absolute atomic E-state index is 9.70. The number of hydrazone groups is 1. The summed E-state index contributed by atoms with van der Waals surface area (Å²) in [6, 6.07) is 7.34. The molecular weight excluding hydrogens is 304 g/mol. The third-order valence-corrected chi connectivity index (χ3v) is 3.25. The van der Waals surface area contributed by atoms with Gasteiger partial charge in [0, 0.05) is 10.8 Å². The normalized spacial score (nSPS) is 17.1. The lowest BCUT2D eigenvalue weighted by molar-refractivity contribution is -0.0999. The number of nitrogens with zero attached hydrogens (tertiary/aromatic N) is 3. The molecule has 0 amide bonds.